The highest BCUT2D eigenvalue weighted by Crippen LogP contribution is 2.29. The predicted octanol–water partition coefficient (Wildman–Crippen LogP) is 3.05. The van der Waals surface area contributed by atoms with Crippen LogP contribution in [0.4, 0.5) is 5.69 Å². The number of rotatable bonds is 6. The van der Waals surface area contributed by atoms with Gasteiger partial charge in [-0.25, -0.2) is 9.97 Å². The standard InChI is InChI=1S/C20H20N6O2S/c1-21-15-4-2-14(3-5-15)16-13-26-18-19(29-20(26)23-16)24-17(12-22-18)28-11-8-25-6-9-27-10-7-25/h2-5,12-13H,1,6-11H2. The average molecular weight is 408 g/mol. The number of hydrogen-bond acceptors (Lipinski definition) is 8. The summed E-state index contributed by atoms with van der Waals surface area (Å²) in [4.78, 5) is 21.8. The van der Waals surface area contributed by atoms with Gasteiger partial charge in [0, 0.05) is 31.4 Å². The van der Waals surface area contributed by atoms with Crippen molar-refractivity contribution in [1.29, 1.82) is 0 Å². The largest absolute Gasteiger partial charge is 0.475 e. The fraction of sp³-hybridized carbons (Fsp3) is 0.300. The van der Waals surface area contributed by atoms with Crippen molar-refractivity contribution in [1.82, 2.24) is 24.3 Å². The molecule has 1 aromatic carbocycles. The Morgan fingerprint density at radius 1 is 1.17 bits per heavy atom. The van der Waals surface area contributed by atoms with Gasteiger partial charge >= 0.3 is 0 Å². The molecule has 0 N–H and O–H groups in total. The van der Waals surface area contributed by atoms with Gasteiger partial charge in [-0.05, 0) is 18.9 Å². The van der Waals surface area contributed by atoms with Crippen LogP contribution < -0.4 is 4.74 Å². The van der Waals surface area contributed by atoms with Crippen LogP contribution in [0, 0.1) is 0 Å². The van der Waals surface area contributed by atoms with E-state index in [0.29, 0.717) is 12.5 Å². The van der Waals surface area contributed by atoms with Crippen LogP contribution in [0.5, 0.6) is 5.88 Å². The fourth-order valence-corrected chi connectivity index (χ4v) is 4.24. The van der Waals surface area contributed by atoms with Crippen molar-refractivity contribution < 1.29 is 9.47 Å². The molecule has 29 heavy (non-hydrogen) atoms. The maximum absolute atomic E-state index is 5.81. The van der Waals surface area contributed by atoms with Crippen molar-refractivity contribution >= 4 is 39.2 Å². The second kappa shape index (κ2) is 7.86. The van der Waals surface area contributed by atoms with Crippen LogP contribution in [-0.2, 0) is 4.74 Å². The number of aliphatic imine (C=N–C) groups is 1. The zero-order chi connectivity index (χ0) is 19.6. The predicted molar refractivity (Wildman–Crippen MR) is 114 cm³/mol. The van der Waals surface area contributed by atoms with Crippen molar-refractivity contribution in [3.05, 3.63) is 36.7 Å². The fourth-order valence-electron chi connectivity index (χ4n) is 3.31. The van der Waals surface area contributed by atoms with Gasteiger partial charge in [0.05, 0.1) is 30.8 Å². The van der Waals surface area contributed by atoms with Gasteiger partial charge in [0.2, 0.25) is 5.88 Å². The van der Waals surface area contributed by atoms with E-state index >= 15 is 0 Å². The summed E-state index contributed by atoms with van der Waals surface area (Å²) in [6.07, 6.45) is 3.66. The van der Waals surface area contributed by atoms with Crippen LogP contribution in [0.15, 0.2) is 41.7 Å². The maximum Gasteiger partial charge on any atom is 0.233 e. The lowest BCUT2D eigenvalue weighted by Gasteiger charge is -2.26. The van der Waals surface area contributed by atoms with Gasteiger partial charge in [0.1, 0.15) is 6.61 Å². The van der Waals surface area contributed by atoms with Gasteiger partial charge in [-0.2, -0.15) is 4.98 Å². The minimum absolute atomic E-state index is 0.544. The third kappa shape index (κ3) is 3.71. The molecule has 5 rings (SSSR count). The molecule has 1 aliphatic rings. The molecule has 0 aliphatic carbocycles. The molecule has 0 spiro atoms. The Labute approximate surface area is 171 Å². The van der Waals surface area contributed by atoms with Crippen LogP contribution in [0.25, 0.3) is 26.7 Å². The molecule has 0 atom stereocenters. The van der Waals surface area contributed by atoms with Crippen molar-refractivity contribution in [3.8, 4) is 17.1 Å². The highest BCUT2D eigenvalue weighted by Gasteiger charge is 2.14. The lowest BCUT2D eigenvalue weighted by atomic mass is 10.1. The second-order valence-corrected chi connectivity index (χ2v) is 7.68. The lowest BCUT2D eigenvalue weighted by molar-refractivity contribution is 0.0320. The first-order chi connectivity index (χ1) is 14.3. The summed E-state index contributed by atoms with van der Waals surface area (Å²) in [6.45, 7) is 8.47. The Balaban J connectivity index is 1.33. The summed E-state index contributed by atoms with van der Waals surface area (Å²) in [5, 5.41) is 0. The first-order valence-electron chi connectivity index (χ1n) is 9.45. The Morgan fingerprint density at radius 3 is 2.79 bits per heavy atom. The van der Waals surface area contributed by atoms with Crippen molar-refractivity contribution in [2.75, 3.05) is 39.5 Å². The number of imidazole rings is 1. The van der Waals surface area contributed by atoms with E-state index in [1.165, 1.54) is 11.3 Å². The summed E-state index contributed by atoms with van der Waals surface area (Å²) < 4.78 is 13.1. The molecule has 4 aromatic rings. The lowest BCUT2D eigenvalue weighted by Crippen LogP contribution is -2.38. The number of nitrogens with zero attached hydrogens (tertiary/aromatic N) is 6. The number of morpholine rings is 1. The third-order valence-electron chi connectivity index (χ3n) is 4.90. The summed E-state index contributed by atoms with van der Waals surface area (Å²) >= 11 is 1.50. The molecular weight excluding hydrogens is 388 g/mol. The molecule has 9 heteroatoms. The van der Waals surface area contributed by atoms with Gasteiger partial charge in [-0.3, -0.25) is 14.3 Å². The van der Waals surface area contributed by atoms with E-state index in [4.69, 9.17) is 14.5 Å². The van der Waals surface area contributed by atoms with Crippen LogP contribution in [0.1, 0.15) is 0 Å². The van der Waals surface area contributed by atoms with E-state index < -0.39 is 0 Å². The molecule has 1 saturated heterocycles. The van der Waals surface area contributed by atoms with Gasteiger partial charge < -0.3 is 9.47 Å². The molecule has 8 nitrogen and oxygen atoms in total. The van der Waals surface area contributed by atoms with E-state index in [-0.39, 0.29) is 0 Å². The monoisotopic (exact) mass is 408 g/mol. The minimum atomic E-state index is 0.544. The molecule has 0 amide bonds. The first kappa shape index (κ1) is 18.2. The SMILES string of the molecule is C=Nc1ccc(-c2cn3c(n2)sc2nc(OCCN4CCOCC4)cnc23)cc1. The molecular formula is C20H20N6O2S. The minimum Gasteiger partial charge on any atom is -0.475 e. The zero-order valence-corrected chi connectivity index (χ0v) is 16.6. The van der Waals surface area contributed by atoms with Crippen molar-refractivity contribution in [2.24, 2.45) is 4.99 Å². The number of thiazole rings is 1. The number of ether oxygens (including phenoxy) is 2. The molecule has 148 valence electrons. The summed E-state index contributed by atoms with van der Waals surface area (Å²) in [5.41, 5.74) is 3.54. The van der Waals surface area contributed by atoms with Crippen LogP contribution in [0.3, 0.4) is 0 Å². The molecule has 0 radical (unpaired) electrons. The molecule has 1 fully saturated rings. The van der Waals surface area contributed by atoms with Gasteiger partial charge in [0.25, 0.3) is 0 Å². The van der Waals surface area contributed by atoms with Crippen molar-refractivity contribution in [3.63, 3.8) is 0 Å². The smallest absolute Gasteiger partial charge is 0.233 e. The Morgan fingerprint density at radius 2 is 2.00 bits per heavy atom. The van der Waals surface area contributed by atoms with E-state index in [2.05, 4.69) is 26.6 Å². The van der Waals surface area contributed by atoms with Gasteiger partial charge in [-0.1, -0.05) is 23.5 Å². The highest BCUT2D eigenvalue weighted by molar-refractivity contribution is 7.23. The molecule has 4 heterocycles. The molecule has 1 aliphatic heterocycles. The second-order valence-electron chi connectivity index (χ2n) is 6.73. The Hall–Kier alpha value is -2.88. The van der Waals surface area contributed by atoms with E-state index in [1.54, 1.807) is 6.20 Å². The average Bonchev–Trinajstić information content (AvgIpc) is 3.32. The summed E-state index contributed by atoms with van der Waals surface area (Å²) in [7, 11) is 0. The number of hydrogen-bond donors (Lipinski definition) is 0. The maximum atomic E-state index is 5.81. The van der Waals surface area contributed by atoms with Gasteiger partial charge in [-0.15, -0.1) is 0 Å². The molecule has 0 saturated carbocycles. The van der Waals surface area contributed by atoms with E-state index in [0.717, 1.165) is 65.2 Å². The quantitative estimate of drug-likeness (QED) is 0.457. The van der Waals surface area contributed by atoms with Crippen molar-refractivity contribution in [2.45, 2.75) is 0 Å². The number of aromatic nitrogens is 4. The topological polar surface area (TPSA) is 77.1 Å². The normalized spacial score (nSPS) is 15.2. The van der Waals surface area contributed by atoms with E-state index in [9.17, 15) is 0 Å². The number of fused-ring (bicyclic) bond motifs is 3. The molecule has 3 aromatic heterocycles. The third-order valence-corrected chi connectivity index (χ3v) is 5.83. The first-order valence-corrected chi connectivity index (χ1v) is 10.3. The Kier molecular flexibility index (Phi) is 4.92. The summed E-state index contributed by atoms with van der Waals surface area (Å²) in [5.74, 6) is 0.544. The van der Waals surface area contributed by atoms with Crippen LogP contribution in [-0.4, -0.2) is 70.4 Å². The highest BCUT2D eigenvalue weighted by atomic mass is 32.1. The molecule has 0 bridgehead atoms. The molecule has 0 unspecified atom stereocenters. The van der Waals surface area contributed by atoms with Crippen LogP contribution >= 0.6 is 11.3 Å². The number of benzene rings is 1. The zero-order valence-electron chi connectivity index (χ0n) is 15.8. The Bertz CT molecular complexity index is 1150. The van der Waals surface area contributed by atoms with Crippen LogP contribution in [0.2, 0.25) is 0 Å². The van der Waals surface area contributed by atoms with Gasteiger partial charge in [0.15, 0.2) is 15.4 Å². The van der Waals surface area contributed by atoms with E-state index in [1.807, 2.05) is 34.9 Å². The summed E-state index contributed by atoms with van der Waals surface area (Å²) in [6, 6.07) is 7.83.